The lowest BCUT2D eigenvalue weighted by Crippen LogP contribution is -2.24. The number of hydrogen-bond donors (Lipinski definition) is 2. The smallest absolute Gasteiger partial charge is 0.255 e. The highest BCUT2D eigenvalue weighted by Crippen LogP contribution is 2.09. The molecule has 0 aliphatic rings. The normalized spacial score (nSPS) is 10.1. The molecule has 0 saturated carbocycles. The van der Waals surface area contributed by atoms with E-state index in [2.05, 4.69) is 15.3 Å². The van der Waals surface area contributed by atoms with Gasteiger partial charge in [0.2, 0.25) is 0 Å². The third-order valence-corrected chi connectivity index (χ3v) is 2.31. The minimum absolute atomic E-state index is 0.0000803. The first kappa shape index (κ1) is 12.0. The number of carbonyl (C=O) groups excluding carboxylic acids is 1. The maximum Gasteiger partial charge on any atom is 0.255 e. The lowest BCUT2D eigenvalue weighted by Gasteiger charge is -2.06. The molecule has 0 fully saturated rings. The molecule has 0 spiro atoms. The van der Waals surface area contributed by atoms with Crippen LogP contribution in [0.2, 0.25) is 0 Å². The third kappa shape index (κ3) is 2.79. The van der Waals surface area contributed by atoms with Gasteiger partial charge in [0.05, 0.1) is 11.8 Å². The van der Waals surface area contributed by atoms with Crippen molar-refractivity contribution in [3.63, 3.8) is 0 Å². The third-order valence-electron chi connectivity index (χ3n) is 2.31. The number of aromatic nitrogens is 2. The second-order valence-corrected chi connectivity index (χ2v) is 3.63. The number of hydrogen-bond acceptors (Lipinski definition) is 4. The summed E-state index contributed by atoms with van der Waals surface area (Å²) in [5.41, 5.74) is 6.38. The number of carbonyl (C=O) groups is 1. The van der Waals surface area contributed by atoms with Crippen molar-refractivity contribution < 1.29 is 9.18 Å². The van der Waals surface area contributed by atoms with Gasteiger partial charge in [-0.05, 0) is 17.7 Å². The summed E-state index contributed by atoms with van der Waals surface area (Å²) >= 11 is 0. The van der Waals surface area contributed by atoms with E-state index in [1.54, 1.807) is 18.5 Å². The minimum atomic E-state index is -0.601. The molecule has 0 bridgehead atoms. The molecule has 6 heteroatoms. The first-order valence-electron chi connectivity index (χ1n) is 5.25. The molecule has 0 unspecified atom stereocenters. The Morgan fingerprint density at radius 3 is 3.00 bits per heavy atom. The van der Waals surface area contributed by atoms with Crippen LogP contribution in [-0.4, -0.2) is 15.9 Å². The molecule has 0 atom stereocenters. The molecule has 3 N–H and O–H groups in total. The van der Waals surface area contributed by atoms with Crippen molar-refractivity contribution in [1.29, 1.82) is 0 Å². The Bertz CT molecular complexity index is 559. The monoisotopic (exact) mass is 246 g/mol. The number of anilines is 1. The number of nitrogens with two attached hydrogens (primary N) is 1. The second-order valence-electron chi connectivity index (χ2n) is 3.63. The van der Waals surface area contributed by atoms with E-state index < -0.39 is 11.7 Å². The van der Waals surface area contributed by atoms with Crippen molar-refractivity contribution in [1.82, 2.24) is 15.3 Å². The fourth-order valence-electron chi connectivity index (χ4n) is 1.41. The first-order chi connectivity index (χ1) is 8.66. The number of rotatable bonds is 3. The predicted molar refractivity (Wildman–Crippen MR) is 64.0 cm³/mol. The van der Waals surface area contributed by atoms with Crippen LogP contribution in [0.5, 0.6) is 0 Å². The molecule has 0 saturated heterocycles. The Balaban J connectivity index is 2.06. The van der Waals surface area contributed by atoms with Gasteiger partial charge in [0.1, 0.15) is 11.6 Å². The predicted octanol–water partition coefficient (Wildman–Crippen LogP) is 1.13. The number of nitrogens with zero attached hydrogens (tertiary/aromatic N) is 2. The topological polar surface area (TPSA) is 80.9 Å². The summed E-state index contributed by atoms with van der Waals surface area (Å²) in [5, 5.41) is 2.62. The summed E-state index contributed by atoms with van der Waals surface area (Å²) in [7, 11) is 0. The van der Waals surface area contributed by atoms with Crippen molar-refractivity contribution in [2.45, 2.75) is 6.54 Å². The summed E-state index contributed by atoms with van der Waals surface area (Å²) in [6, 6.07) is 4.64. The molecule has 2 aromatic rings. The van der Waals surface area contributed by atoms with E-state index in [0.717, 1.165) is 17.8 Å². The van der Waals surface area contributed by atoms with Gasteiger partial charge in [-0.15, -0.1) is 0 Å². The van der Waals surface area contributed by atoms with E-state index >= 15 is 0 Å². The molecule has 2 rings (SSSR count). The Kier molecular flexibility index (Phi) is 3.47. The lowest BCUT2D eigenvalue weighted by atomic mass is 10.2. The summed E-state index contributed by atoms with van der Waals surface area (Å²) in [4.78, 5) is 19.3. The van der Waals surface area contributed by atoms with Crippen molar-refractivity contribution in [2.24, 2.45) is 0 Å². The van der Waals surface area contributed by atoms with Crippen molar-refractivity contribution in [2.75, 3.05) is 5.73 Å². The highest BCUT2D eigenvalue weighted by Gasteiger charge is 2.11. The van der Waals surface area contributed by atoms with Crippen LogP contribution in [-0.2, 0) is 6.54 Å². The lowest BCUT2D eigenvalue weighted by molar-refractivity contribution is 0.0951. The van der Waals surface area contributed by atoms with Crippen LogP contribution >= 0.6 is 0 Å². The minimum Gasteiger partial charge on any atom is -0.383 e. The Morgan fingerprint density at radius 1 is 1.44 bits per heavy atom. The van der Waals surface area contributed by atoms with Crippen molar-refractivity contribution >= 4 is 11.7 Å². The average molecular weight is 246 g/mol. The van der Waals surface area contributed by atoms with Gasteiger partial charge in [-0.3, -0.25) is 9.78 Å². The fourth-order valence-corrected chi connectivity index (χ4v) is 1.41. The number of amides is 1. The first-order valence-corrected chi connectivity index (χ1v) is 5.25. The standard InChI is InChI=1S/C12H11FN4O/c13-9-4-10(11(14)16-7-9)12(18)17-6-8-2-1-3-15-5-8/h1-5,7H,6H2,(H2,14,16)(H,17,18). The van der Waals surface area contributed by atoms with E-state index in [0.29, 0.717) is 6.54 Å². The zero-order valence-corrected chi connectivity index (χ0v) is 9.43. The van der Waals surface area contributed by atoms with E-state index in [9.17, 15) is 9.18 Å². The Morgan fingerprint density at radius 2 is 2.28 bits per heavy atom. The van der Waals surface area contributed by atoms with Crippen LogP contribution in [0.25, 0.3) is 0 Å². The molecular formula is C12H11FN4O. The Hall–Kier alpha value is -2.50. The molecule has 92 valence electrons. The van der Waals surface area contributed by atoms with Gasteiger partial charge < -0.3 is 11.1 Å². The zero-order chi connectivity index (χ0) is 13.0. The fraction of sp³-hybridized carbons (Fsp3) is 0.0833. The van der Waals surface area contributed by atoms with Crippen molar-refractivity contribution in [3.05, 3.63) is 53.7 Å². The number of halogens is 1. The summed E-state index contributed by atoms with van der Waals surface area (Å²) in [5.74, 6) is -1.07. The van der Waals surface area contributed by atoms with Crippen molar-refractivity contribution in [3.8, 4) is 0 Å². The molecular weight excluding hydrogens is 235 g/mol. The summed E-state index contributed by atoms with van der Waals surface area (Å²) in [6.45, 7) is 0.294. The van der Waals surface area contributed by atoms with Gasteiger partial charge >= 0.3 is 0 Å². The SMILES string of the molecule is Nc1ncc(F)cc1C(=O)NCc1cccnc1. The summed E-state index contributed by atoms with van der Waals surface area (Å²) < 4.78 is 13.0. The molecule has 0 radical (unpaired) electrons. The molecule has 0 aliphatic heterocycles. The maximum absolute atomic E-state index is 13.0. The van der Waals surface area contributed by atoms with Gasteiger partial charge in [0.25, 0.3) is 5.91 Å². The van der Waals surface area contributed by atoms with E-state index in [1.165, 1.54) is 0 Å². The molecule has 2 heterocycles. The zero-order valence-electron chi connectivity index (χ0n) is 9.43. The van der Waals surface area contributed by atoms with E-state index in [4.69, 9.17) is 5.73 Å². The maximum atomic E-state index is 13.0. The highest BCUT2D eigenvalue weighted by molar-refractivity contribution is 5.98. The van der Waals surface area contributed by atoms with Crippen LogP contribution in [0, 0.1) is 5.82 Å². The molecule has 2 aromatic heterocycles. The van der Waals surface area contributed by atoms with Gasteiger partial charge in [-0.1, -0.05) is 6.07 Å². The average Bonchev–Trinajstić information content (AvgIpc) is 2.40. The van der Waals surface area contributed by atoms with Crippen LogP contribution < -0.4 is 11.1 Å². The van der Waals surface area contributed by atoms with Crippen LogP contribution in [0.3, 0.4) is 0 Å². The van der Waals surface area contributed by atoms with Gasteiger partial charge in [0.15, 0.2) is 0 Å². The van der Waals surface area contributed by atoms with Gasteiger partial charge in [-0.2, -0.15) is 0 Å². The molecule has 0 aliphatic carbocycles. The molecule has 18 heavy (non-hydrogen) atoms. The van der Waals surface area contributed by atoms with Crippen LogP contribution in [0.15, 0.2) is 36.8 Å². The molecule has 0 aromatic carbocycles. The van der Waals surface area contributed by atoms with E-state index in [1.807, 2.05) is 6.07 Å². The number of pyridine rings is 2. The molecule has 1 amide bonds. The Labute approximate surface area is 103 Å². The van der Waals surface area contributed by atoms with Crippen LogP contribution in [0.4, 0.5) is 10.2 Å². The highest BCUT2D eigenvalue weighted by atomic mass is 19.1. The number of nitrogen functional groups attached to an aromatic ring is 1. The van der Waals surface area contributed by atoms with E-state index in [-0.39, 0.29) is 11.4 Å². The second kappa shape index (κ2) is 5.22. The van der Waals surface area contributed by atoms with Gasteiger partial charge in [0, 0.05) is 18.9 Å². The number of nitrogens with one attached hydrogen (secondary N) is 1. The summed E-state index contributed by atoms with van der Waals surface area (Å²) in [6.07, 6.45) is 4.24. The molecule has 5 nitrogen and oxygen atoms in total. The quantitative estimate of drug-likeness (QED) is 0.850. The van der Waals surface area contributed by atoms with Crippen LogP contribution in [0.1, 0.15) is 15.9 Å². The van der Waals surface area contributed by atoms with Gasteiger partial charge in [-0.25, -0.2) is 9.37 Å². The largest absolute Gasteiger partial charge is 0.383 e.